The van der Waals surface area contributed by atoms with Crippen LogP contribution in [0.2, 0.25) is 0 Å². The van der Waals surface area contributed by atoms with E-state index in [2.05, 4.69) is 37.6 Å². The van der Waals surface area contributed by atoms with Crippen molar-refractivity contribution in [2.45, 2.75) is 77.6 Å². The van der Waals surface area contributed by atoms with Gasteiger partial charge in [0, 0.05) is 38.3 Å². The molecule has 8 heteroatoms. The Morgan fingerprint density at radius 2 is 2.10 bits per heavy atom. The summed E-state index contributed by atoms with van der Waals surface area (Å²) in [6.07, 6.45) is 8.79. The van der Waals surface area contributed by atoms with E-state index in [4.69, 9.17) is 4.74 Å². The summed E-state index contributed by atoms with van der Waals surface area (Å²) in [5.41, 5.74) is 1.13. The highest BCUT2D eigenvalue weighted by Crippen LogP contribution is 2.26. The van der Waals surface area contributed by atoms with Gasteiger partial charge in [0.1, 0.15) is 17.8 Å². The highest BCUT2D eigenvalue weighted by Gasteiger charge is 2.22. The van der Waals surface area contributed by atoms with Gasteiger partial charge < -0.3 is 15.4 Å². The van der Waals surface area contributed by atoms with Crippen LogP contribution in [-0.4, -0.2) is 44.9 Å². The third-order valence-electron chi connectivity index (χ3n) is 6.04. The van der Waals surface area contributed by atoms with Crippen LogP contribution in [0.3, 0.4) is 0 Å². The van der Waals surface area contributed by atoms with Crippen molar-refractivity contribution in [2.24, 2.45) is 10.9 Å². The van der Waals surface area contributed by atoms with Gasteiger partial charge in [0.15, 0.2) is 5.96 Å². The number of nitrogens with one attached hydrogen (secondary N) is 2. The fourth-order valence-corrected chi connectivity index (χ4v) is 4.27. The minimum atomic E-state index is 0.287. The van der Waals surface area contributed by atoms with Gasteiger partial charge in [0.05, 0.1) is 6.54 Å². The zero-order chi connectivity index (χ0) is 20.9. The van der Waals surface area contributed by atoms with Crippen LogP contribution in [0.25, 0.3) is 0 Å². The molecule has 0 saturated heterocycles. The Hall–Kier alpha value is -2.64. The molecule has 0 bridgehead atoms. The molecule has 0 radical (unpaired) electrons. The standard InChI is InChI=1S/C22H33N7O/c1-15-4-7-19(8-5-15)30-21-12-17(10-11-24-21)13-25-22(23-3)27-18-6-9-20-26-16(2)28-29(20)14-18/h10-12,15,18-19H,4-9,13-14H2,1-3H3,(H2,23,25,27). The number of ether oxygens (including phenoxy) is 1. The Balaban J connectivity index is 1.28. The fraction of sp³-hybridized carbons (Fsp3) is 0.636. The van der Waals surface area contributed by atoms with Crippen LogP contribution < -0.4 is 15.4 Å². The van der Waals surface area contributed by atoms with Crippen LogP contribution in [-0.2, 0) is 19.5 Å². The van der Waals surface area contributed by atoms with Crippen LogP contribution in [0.15, 0.2) is 23.3 Å². The molecule has 1 atom stereocenters. The quantitative estimate of drug-likeness (QED) is 0.581. The number of aryl methyl sites for hydroxylation is 2. The van der Waals surface area contributed by atoms with E-state index < -0.39 is 0 Å². The SMILES string of the molecule is CN=C(NCc1ccnc(OC2CCC(C)CC2)c1)NC1CCc2nc(C)nn2C1. The molecular weight excluding hydrogens is 378 g/mol. The average molecular weight is 412 g/mol. The molecule has 1 saturated carbocycles. The van der Waals surface area contributed by atoms with Gasteiger partial charge in [-0.25, -0.2) is 14.6 Å². The van der Waals surface area contributed by atoms with Crippen molar-refractivity contribution in [2.75, 3.05) is 7.05 Å². The van der Waals surface area contributed by atoms with E-state index in [1.54, 1.807) is 7.05 Å². The third kappa shape index (κ3) is 5.29. The number of guanidine groups is 1. The highest BCUT2D eigenvalue weighted by molar-refractivity contribution is 5.79. The van der Waals surface area contributed by atoms with Gasteiger partial charge in [-0.05, 0) is 56.6 Å². The van der Waals surface area contributed by atoms with E-state index >= 15 is 0 Å². The molecule has 0 spiro atoms. The summed E-state index contributed by atoms with van der Waals surface area (Å²) in [4.78, 5) is 13.3. The van der Waals surface area contributed by atoms with Crippen molar-refractivity contribution < 1.29 is 4.74 Å². The molecule has 1 unspecified atom stereocenters. The normalized spacial score (nSPS) is 24.2. The maximum Gasteiger partial charge on any atom is 0.213 e. The summed E-state index contributed by atoms with van der Waals surface area (Å²) in [7, 11) is 1.80. The van der Waals surface area contributed by atoms with Gasteiger partial charge in [0.25, 0.3) is 0 Å². The zero-order valence-corrected chi connectivity index (χ0v) is 18.3. The van der Waals surface area contributed by atoms with Gasteiger partial charge in [-0.3, -0.25) is 4.99 Å². The molecule has 0 amide bonds. The summed E-state index contributed by atoms with van der Waals surface area (Å²) in [6, 6.07) is 4.33. The molecule has 2 N–H and O–H groups in total. The van der Waals surface area contributed by atoms with Gasteiger partial charge in [-0.1, -0.05) is 6.92 Å². The fourth-order valence-electron chi connectivity index (χ4n) is 4.27. The third-order valence-corrected chi connectivity index (χ3v) is 6.04. The molecule has 162 valence electrons. The van der Waals surface area contributed by atoms with Crippen LogP contribution >= 0.6 is 0 Å². The number of pyridine rings is 1. The van der Waals surface area contributed by atoms with Crippen LogP contribution in [0.4, 0.5) is 0 Å². The summed E-state index contributed by atoms with van der Waals surface area (Å²) in [5, 5.41) is 11.4. The van der Waals surface area contributed by atoms with Gasteiger partial charge in [0.2, 0.25) is 5.88 Å². The number of hydrogen-bond donors (Lipinski definition) is 2. The second kappa shape index (κ2) is 9.45. The molecule has 1 fully saturated rings. The lowest BCUT2D eigenvalue weighted by atomic mass is 9.89. The minimum Gasteiger partial charge on any atom is -0.474 e. The molecule has 2 aliphatic rings. The van der Waals surface area contributed by atoms with E-state index in [-0.39, 0.29) is 6.04 Å². The molecule has 4 rings (SSSR count). The number of aromatic nitrogens is 4. The molecule has 2 aromatic heterocycles. The summed E-state index contributed by atoms with van der Waals surface area (Å²) < 4.78 is 8.14. The van der Waals surface area contributed by atoms with Gasteiger partial charge >= 0.3 is 0 Å². The Morgan fingerprint density at radius 1 is 1.27 bits per heavy atom. The topological polar surface area (TPSA) is 89.2 Å². The lowest BCUT2D eigenvalue weighted by Gasteiger charge is -2.26. The van der Waals surface area contributed by atoms with E-state index in [1.807, 2.05) is 29.9 Å². The molecule has 30 heavy (non-hydrogen) atoms. The minimum absolute atomic E-state index is 0.287. The van der Waals surface area contributed by atoms with Crippen molar-refractivity contribution >= 4 is 5.96 Å². The van der Waals surface area contributed by atoms with Crippen molar-refractivity contribution in [1.82, 2.24) is 30.4 Å². The van der Waals surface area contributed by atoms with E-state index in [0.717, 1.165) is 67.2 Å². The average Bonchev–Trinajstić information content (AvgIpc) is 3.12. The van der Waals surface area contributed by atoms with Crippen LogP contribution in [0.1, 0.15) is 56.2 Å². The van der Waals surface area contributed by atoms with Crippen molar-refractivity contribution in [3.63, 3.8) is 0 Å². The summed E-state index contributed by atoms with van der Waals surface area (Å²) >= 11 is 0. The first-order chi connectivity index (χ1) is 14.6. The highest BCUT2D eigenvalue weighted by atomic mass is 16.5. The maximum atomic E-state index is 6.13. The Morgan fingerprint density at radius 3 is 2.90 bits per heavy atom. The number of fused-ring (bicyclic) bond motifs is 1. The van der Waals surface area contributed by atoms with Gasteiger partial charge in [-0.15, -0.1) is 0 Å². The summed E-state index contributed by atoms with van der Waals surface area (Å²) in [6.45, 7) is 5.74. The van der Waals surface area contributed by atoms with E-state index in [9.17, 15) is 0 Å². The summed E-state index contributed by atoms with van der Waals surface area (Å²) in [5.74, 6) is 4.24. The molecule has 0 aromatic carbocycles. The second-order valence-corrected chi connectivity index (χ2v) is 8.57. The van der Waals surface area contributed by atoms with Crippen molar-refractivity contribution in [3.05, 3.63) is 35.5 Å². The Kier molecular flexibility index (Phi) is 6.50. The smallest absolute Gasteiger partial charge is 0.213 e. The van der Waals surface area contributed by atoms with Gasteiger partial charge in [-0.2, -0.15) is 5.10 Å². The van der Waals surface area contributed by atoms with Crippen LogP contribution in [0, 0.1) is 12.8 Å². The van der Waals surface area contributed by atoms with Crippen molar-refractivity contribution in [3.8, 4) is 5.88 Å². The molecule has 1 aliphatic heterocycles. The number of hydrogen-bond acceptors (Lipinski definition) is 5. The molecule has 3 heterocycles. The Labute approximate surface area is 178 Å². The molecule has 1 aliphatic carbocycles. The molecule has 2 aromatic rings. The molecule has 8 nitrogen and oxygen atoms in total. The predicted octanol–water partition coefficient (Wildman–Crippen LogP) is 2.62. The predicted molar refractivity (Wildman–Crippen MR) is 116 cm³/mol. The maximum absolute atomic E-state index is 6.13. The first-order valence-electron chi connectivity index (χ1n) is 11.1. The van der Waals surface area contributed by atoms with E-state index in [1.165, 1.54) is 12.8 Å². The zero-order valence-electron chi connectivity index (χ0n) is 18.3. The first-order valence-corrected chi connectivity index (χ1v) is 11.1. The van der Waals surface area contributed by atoms with E-state index in [0.29, 0.717) is 12.6 Å². The Bertz CT molecular complexity index is 870. The monoisotopic (exact) mass is 411 g/mol. The number of aliphatic imine (C=N–C) groups is 1. The number of nitrogens with zero attached hydrogens (tertiary/aromatic N) is 5. The molecular formula is C22H33N7O. The second-order valence-electron chi connectivity index (χ2n) is 8.57. The largest absolute Gasteiger partial charge is 0.474 e. The van der Waals surface area contributed by atoms with Crippen molar-refractivity contribution in [1.29, 1.82) is 0 Å². The first kappa shape index (κ1) is 20.6. The lowest BCUT2D eigenvalue weighted by molar-refractivity contribution is 0.130. The lowest BCUT2D eigenvalue weighted by Crippen LogP contribution is -2.46. The van der Waals surface area contributed by atoms with Crippen LogP contribution in [0.5, 0.6) is 5.88 Å². The number of rotatable bonds is 5.